The van der Waals surface area contributed by atoms with E-state index in [1.54, 1.807) is 19.2 Å². The van der Waals surface area contributed by atoms with E-state index in [9.17, 15) is 4.79 Å². The van der Waals surface area contributed by atoms with Crippen LogP contribution in [-0.2, 0) is 14.3 Å². The normalized spacial score (nSPS) is 14.0. The number of hydrogen-bond donors (Lipinski definition) is 1. The molecular formula is C13H18ClNO3. The summed E-state index contributed by atoms with van der Waals surface area (Å²) in [5.74, 6) is -0.369. The summed E-state index contributed by atoms with van der Waals surface area (Å²) in [7, 11) is 2.97. The number of carbonyl (C=O) groups excluding carboxylic acids is 1. The lowest BCUT2D eigenvalue weighted by Crippen LogP contribution is -2.38. The van der Waals surface area contributed by atoms with Gasteiger partial charge in [-0.1, -0.05) is 29.8 Å². The highest BCUT2D eigenvalue weighted by atomic mass is 35.5. The van der Waals surface area contributed by atoms with E-state index in [2.05, 4.69) is 5.32 Å². The Hall–Kier alpha value is -1.10. The van der Waals surface area contributed by atoms with Gasteiger partial charge in [-0.25, -0.2) is 4.79 Å². The summed E-state index contributed by atoms with van der Waals surface area (Å²) in [6, 6.07) is 6.62. The van der Waals surface area contributed by atoms with E-state index in [1.165, 1.54) is 7.11 Å². The number of halogens is 1. The fourth-order valence-electron chi connectivity index (χ4n) is 1.69. The molecule has 0 radical (unpaired) electrons. The fraction of sp³-hybridized carbons (Fsp3) is 0.462. The van der Waals surface area contributed by atoms with Crippen molar-refractivity contribution in [2.24, 2.45) is 0 Å². The minimum Gasteiger partial charge on any atom is -0.468 e. The van der Waals surface area contributed by atoms with Crippen LogP contribution in [0.1, 0.15) is 18.5 Å². The number of nitrogens with one attached hydrogen (secondary N) is 1. The molecule has 2 atom stereocenters. The van der Waals surface area contributed by atoms with Crippen molar-refractivity contribution in [2.45, 2.75) is 19.0 Å². The second-order valence-corrected chi connectivity index (χ2v) is 4.41. The summed E-state index contributed by atoms with van der Waals surface area (Å²) in [6.45, 7) is 2.42. The van der Waals surface area contributed by atoms with Crippen LogP contribution in [-0.4, -0.2) is 32.8 Å². The van der Waals surface area contributed by atoms with E-state index < -0.39 is 6.04 Å². The van der Waals surface area contributed by atoms with Crippen molar-refractivity contribution in [2.75, 3.05) is 20.8 Å². The first-order valence-corrected chi connectivity index (χ1v) is 6.05. The number of benzene rings is 1. The Bertz CT molecular complexity index is 398. The van der Waals surface area contributed by atoms with Gasteiger partial charge in [0.05, 0.1) is 13.7 Å². The van der Waals surface area contributed by atoms with Crippen LogP contribution in [0.2, 0.25) is 5.02 Å². The number of hydrogen-bond acceptors (Lipinski definition) is 4. The molecular weight excluding hydrogens is 254 g/mol. The summed E-state index contributed by atoms with van der Waals surface area (Å²) >= 11 is 6.10. The Morgan fingerprint density at radius 3 is 2.61 bits per heavy atom. The zero-order valence-electron chi connectivity index (χ0n) is 10.8. The minimum absolute atomic E-state index is 0.00960. The molecule has 5 heteroatoms. The van der Waals surface area contributed by atoms with Gasteiger partial charge in [0.25, 0.3) is 0 Å². The second-order valence-electron chi connectivity index (χ2n) is 4.00. The number of methoxy groups -OCH3 is 2. The largest absolute Gasteiger partial charge is 0.468 e. The van der Waals surface area contributed by atoms with E-state index in [4.69, 9.17) is 21.1 Å². The first-order valence-electron chi connectivity index (χ1n) is 5.67. The first-order chi connectivity index (χ1) is 8.60. The van der Waals surface area contributed by atoms with Gasteiger partial charge >= 0.3 is 5.97 Å². The second kappa shape index (κ2) is 7.36. The summed E-state index contributed by atoms with van der Waals surface area (Å²) in [5, 5.41) is 3.67. The maximum Gasteiger partial charge on any atom is 0.327 e. The molecule has 0 saturated carbocycles. The Morgan fingerprint density at radius 1 is 1.39 bits per heavy atom. The molecule has 1 N–H and O–H groups in total. The Kier molecular flexibility index (Phi) is 6.12. The zero-order chi connectivity index (χ0) is 13.5. The number of carbonyl (C=O) groups is 1. The van der Waals surface area contributed by atoms with E-state index in [-0.39, 0.29) is 12.0 Å². The van der Waals surface area contributed by atoms with Gasteiger partial charge < -0.3 is 9.47 Å². The fourth-order valence-corrected chi connectivity index (χ4v) is 1.94. The zero-order valence-corrected chi connectivity index (χ0v) is 11.5. The van der Waals surface area contributed by atoms with Crippen LogP contribution in [0, 0.1) is 0 Å². The number of rotatable bonds is 6. The molecule has 2 unspecified atom stereocenters. The highest BCUT2D eigenvalue weighted by Gasteiger charge is 2.24. The van der Waals surface area contributed by atoms with Crippen molar-refractivity contribution in [1.82, 2.24) is 5.32 Å². The topological polar surface area (TPSA) is 47.6 Å². The SMILES string of the molecule is COCC(C)NC(C(=O)OC)c1ccccc1Cl. The maximum atomic E-state index is 11.8. The molecule has 0 aromatic heterocycles. The van der Waals surface area contributed by atoms with Crippen molar-refractivity contribution >= 4 is 17.6 Å². The highest BCUT2D eigenvalue weighted by Crippen LogP contribution is 2.24. The number of ether oxygens (including phenoxy) is 2. The lowest BCUT2D eigenvalue weighted by atomic mass is 10.1. The third-order valence-corrected chi connectivity index (χ3v) is 2.87. The Labute approximate surface area is 112 Å². The molecule has 0 spiro atoms. The van der Waals surface area contributed by atoms with Crippen LogP contribution in [0.5, 0.6) is 0 Å². The summed E-state index contributed by atoms with van der Waals surface area (Å²) in [6.07, 6.45) is 0. The molecule has 1 aromatic rings. The standard InChI is InChI=1S/C13H18ClNO3/c1-9(8-17-2)15-12(13(16)18-3)10-6-4-5-7-11(10)14/h4-7,9,12,15H,8H2,1-3H3. The Balaban J connectivity index is 2.92. The third-order valence-electron chi connectivity index (χ3n) is 2.52. The van der Waals surface area contributed by atoms with Crippen LogP contribution >= 0.6 is 11.6 Å². The maximum absolute atomic E-state index is 11.8. The van der Waals surface area contributed by atoms with Gasteiger partial charge in [0.15, 0.2) is 0 Å². The minimum atomic E-state index is -0.589. The average molecular weight is 272 g/mol. The van der Waals surface area contributed by atoms with Gasteiger partial charge in [0.1, 0.15) is 6.04 Å². The van der Waals surface area contributed by atoms with Crippen molar-refractivity contribution in [3.05, 3.63) is 34.9 Å². The first kappa shape index (κ1) is 15.0. The summed E-state index contributed by atoms with van der Waals surface area (Å²) in [4.78, 5) is 11.8. The van der Waals surface area contributed by atoms with E-state index in [1.807, 2.05) is 19.1 Å². The molecule has 0 bridgehead atoms. The highest BCUT2D eigenvalue weighted by molar-refractivity contribution is 6.31. The van der Waals surface area contributed by atoms with E-state index in [0.29, 0.717) is 17.2 Å². The van der Waals surface area contributed by atoms with Gasteiger partial charge in [-0.05, 0) is 18.6 Å². The Morgan fingerprint density at radius 2 is 2.06 bits per heavy atom. The molecule has 0 heterocycles. The molecule has 1 aromatic carbocycles. The monoisotopic (exact) mass is 271 g/mol. The molecule has 0 aliphatic heterocycles. The molecule has 0 amide bonds. The van der Waals surface area contributed by atoms with E-state index >= 15 is 0 Å². The van der Waals surface area contributed by atoms with Crippen molar-refractivity contribution in [3.63, 3.8) is 0 Å². The quantitative estimate of drug-likeness (QED) is 0.806. The molecule has 18 heavy (non-hydrogen) atoms. The molecule has 0 fully saturated rings. The van der Waals surface area contributed by atoms with Crippen molar-refractivity contribution in [3.8, 4) is 0 Å². The van der Waals surface area contributed by atoms with Crippen molar-refractivity contribution < 1.29 is 14.3 Å². The van der Waals surface area contributed by atoms with Gasteiger partial charge in [-0.15, -0.1) is 0 Å². The molecule has 0 aliphatic rings. The molecule has 0 aliphatic carbocycles. The van der Waals surface area contributed by atoms with Crippen molar-refractivity contribution in [1.29, 1.82) is 0 Å². The lowest BCUT2D eigenvalue weighted by Gasteiger charge is -2.22. The van der Waals surface area contributed by atoms with Crippen LogP contribution in [0.3, 0.4) is 0 Å². The number of esters is 1. The molecule has 100 valence electrons. The van der Waals surface area contributed by atoms with Crippen LogP contribution in [0.4, 0.5) is 0 Å². The van der Waals surface area contributed by atoms with Gasteiger partial charge in [0.2, 0.25) is 0 Å². The van der Waals surface area contributed by atoms with Gasteiger partial charge in [-0.2, -0.15) is 0 Å². The van der Waals surface area contributed by atoms with E-state index in [0.717, 1.165) is 0 Å². The summed E-state index contributed by atoms with van der Waals surface area (Å²) < 4.78 is 9.84. The average Bonchev–Trinajstić information content (AvgIpc) is 2.36. The molecule has 1 rings (SSSR count). The third kappa shape index (κ3) is 3.98. The van der Waals surface area contributed by atoms with Crippen LogP contribution < -0.4 is 5.32 Å². The smallest absolute Gasteiger partial charge is 0.327 e. The van der Waals surface area contributed by atoms with Gasteiger partial charge in [-0.3, -0.25) is 5.32 Å². The predicted octanol–water partition coefficient (Wildman–Crippen LogP) is 2.18. The molecule has 0 saturated heterocycles. The summed E-state index contributed by atoms with van der Waals surface area (Å²) in [5.41, 5.74) is 0.703. The van der Waals surface area contributed by atoms with Gasteiger partial charge in [0, 0.05) is 18.2 Å². The lowest BCUT2D eigenvalue weighted by molar-refractivity contribution is -0.143. The van der Waals surface area contributed by atoms with Crippen LogP contribution in [0.15, 0.2) is 24.3 Å². The predicted molar refractivity (Wildman–Crippen MR) is 70.7 cm³/mol. The van der Waals surface area contributed by atoms with Crippen LogP contribution in [0.25, 0.3) is 0 Å². The molecule has 4 nitrogen and oxygen atoms in total.